The Bertz CT molecular complexity index is 401. The average molecular weight is 264 g/mol. The predicted molar refractivity (Wildman–Crippen MR) is 79.0 cm³/mol. The first-order valence-corrected chi connectivity index (χ1v) is 7.53. The van der Waals surface area contributed by atoms with Gasteiger partial charge in [0.15, 0.2) is 0 Å². The molecule has 0 radical (unpaired) electrons. The third-order valence-electron chi connectivity index (χ3n) is 4.38. The van der Waals surface area contributed by atoms with Crippen molar-refractivity contribution in [3.8, 4) is 0 Å². The quantitative estimate of drug-likeness (QED) is 0.885. The maximum absolute atomic E-state index is 4.28. The summed E-state index contributed by atoms with van der Waals surface area (Å²) in [5.74, 6) is 0. The lowest BCUT2D eigenvalue weighted by molar-refractivity contribution is 0.0725. The van der Waals surface area contributed by atoms with E-state index in [2.05, 4.69) is 42.3 Å². The fourth-order valence-corrected chi connectivity index (χ4v) is 2.95. The molecule has 0 amide bonds. The summed E-state index contributed by atoms with van der Waals surface area (Å²) in [6.07, 6.45) is 7.82. The first-order chi connectivity index (χ1) is 9.06. The van der Waals surface area contributed by atoms with Crippen LogP contribution >= 0.6 is 0 Å². The van der Waals surface area contributed by atoms with Gasteiger partial charge < -0.3 is 5.32 Å². The van der Waals surface area contributed by atoms with Crippen LogP contribution in [-0.2, 0) is 13.6 Å². The van der Waals surface area contributed by atoms with Crippen LogP contribution in [0.3, 0.4) is 0 Å². The summed E-state index contributed by atoms with van der Waals surface area (Å²) < 4.78 is 1.89. The van der Waals surface area contributed by atoms with Crippen LogP contribution in [0, 0.1) is 0 Å². The first kappa shape index (κ1) is 14.5. The molecule has 2 rings (SSSR count). The maximum Gasteiger partial charge on any atom is 0.0534 e. The summed E-state index contributed by atoms with van der Waals surface area (Å²) in [5.41, 5.74) is 1.58. The number of aromatic nitrogens is 2. The molecule has 1 aliphatic heterocycles. The Balaban J connectivity index is 2.06. The van der Waals surface area contributed by atoms with E-state index in [0.29, 0.717) is 6.04 Å². The van der Waals surface area contributed by atoms with E-state index in [4.69, 9.17) is 0 Å². The number of rotatable bonds is 5. The van der Waals surface area contributed by atoms with Crippen molar-refractivity contribution in [2.24, 2.45) is 7.05 Å². The summed E-state index contributed by atoms with van der Waals surface area (Å²) in [4.78, 5) is 2.64. The van der Waals surface area contributed by atoms with E-state index in [1.165, 1.54) is 24.8 Å². The highest BCUT2D eigenvalue weighted by Crippen LogP contribution is 2.23. The van der Waals surface area contributed by atoms with Gasteiger partial charge in [0.25, 0.3) is 0 Å². The third-order valence-corrected chi connectivity index (χ3v) is 4.38. The number of hydrogen-bond acceptors (Lipinski definition) is 3. The Morgan fingerprint density at radius 3 is 2.84 bits per heavy atom. The second-order valence-corrected chi connectivity index (χ2v) is 6.16. The van der Waals surface area contributed by atoms with Crippen LogP contribution in [0.5, 0.6) is 0 Å². The van der Waals surface area contributed by atoms with Gasteiger partial charge in [-0.3, -0.25) is 9.58 Å². The van der Waals surface area contributed by atoms with Gasteiger partial charge in [-0.1, -0.05) is 20.3 Å². The van der Waals surface area contributed by atoms with Crippen LogP contribution < -0.4 is 5.32 Å². The van der Waals surface area contributed by atoms with Crippen molar-refractivity contribution < 1.29 is 0 Å². The molecule has 2 atom stereocenters. The molecule has 1 fully saturated rings. The van der Waals surface area contributed by atoms with Crippen LogP contribution in [0.4, 0.5) is 0 Å². The molecule has 0 saturated carbocycles. The summed E-state index contributed by atoms with van der Waals surface area (Å²) in [6, 6.07) is 0.657. The Labute approximate surface area is 117 Å². The molecule has 108 valence electrons. The van der Waals surface area contributed by atoms with E-state index in [1.54, 1.807) is 0 Å². The molecule has 4 nitrogen and oxygen atoms in total. The van der Waals surface area contributed by atoms with Crippen molar-refractivity contribution in [2.45, 2.75) is 58.2 Å². The van der Waals surface area contributed by atoms with Gasteiger partial charge in [0.2, 0.25) is 0 Å². The molecule has 2 heterocycles. The smallest absolute Gasteiger partial charge is 0.0534 e. The van der Waals surface area contributed by atoms with Gasteiger partial charge in [-0.25, -0.2) is 0 Å². The third kappa shape index (κ3) is 3.57. The minimum Gasteiger partial charge on any atom is -0.309 e. The molecular weight excluding hydrogens is 236 g/mol. The largest absolute Gasteiger partial charge is 0.309 e. The summed E-state index contributed by atoms with van der Waals surface area (Å²) in [7, 11) is 1.99. The summed E-state index contributed by atoms with van der Waals surface area (Å²) in [5, 5.41) is 8.02. The van der Waals surface area contributed by atoms with Gasteiger partial charge in [-0.15, -0.1) is 0 Å². The number of hydrogen-bond donors (Lipinski definition) is 1. The highest BCUT2D eigenvalue weighted by molar-refractivity contribution is 5.05. The van der Waals surface area contributed by atoms with Gasteiger partial charge >= 0.3 is 0 Å². The minimum atomic E-state index is 0.256. The molecule has 0 bridgehead atoms. The molecule has 2 unspecified atom stereocenters. The zero-order chi connectivity index (χ0) is 13.9. The molecule has 1 aromatic rings. The van der Waals surface area contributed by atoms with Crippen LogP contribution in [0.15, 0.2) is 12.4 Å². The zero-order valence-electron chi connectivity index (χ0n) is 12.8. The van der Waals surface area contributed by atoms with Crippen molar-refractivity contribution in [3.63, 3.8) is 0 Å². The average Bonchev–Trinajstić information content (AvgIpc) is 2.79. The highest BCUT2D eigenvalue weighted by Gasteiger charge is 2.33. The van der Waals surface area contributed by atoms with Crippen LogP contribution in [0.2, 0.25) is 0 Å². The highest BCUT2D eigenvalue weighted by atomic mass is 15.3. The number of nitrogens with one attached hydrogen (secondary N) is 1. The van der Waals surface area contributed by atoms with Crippen molar-refractivity contribution >= 4 is 0 Å². The molecule has 4 heteroatoms. The molecule has 1 aromatic heterocycles. The number of nitrogens with zero attached hydrogens (tertiary/aromatic N) is 3. The second-order valence-electron chi connectivity index (χ2n) is 6.16. The van der Waals surface area contributed by atoms with Crippen LogP contribution in [0.1, 0.15) is 45.6 Å². The number of aryl methyl sites for hydroxylation is 1. The summed E-state index contributed by atoms with van der Waals surface area (Å²) >= 11 is 0. The number of piperazine rings is 1. The van der Waals surface area contributed by atoms with Gasteiger partial charge in [0, 0.05) is 50.0 Å². The first-order valence-electron chi connectivity index (χ1n) is 7.53. The Kier molecular flexibility index (Phi) is 4.63. The molecule has 0 spiro atoms. The minimum absolute atomic E-state index is 0.256. The van der Waals surface area contributed by atoms with E-state index >= 15 is 0 Å². The summed E-state index contributed by atoms with van der Waals surface area (Å²) in [6.45, 7) is 10.1. The molecule has 0 aliphatic carbocycles. The molecule has 19 heavy (non-hydrogen) atoms. The van der Waals surface area contributed by atoms with Crippen molar-refractivity contribution in [1.82, 2.24) is 20.0 Å². The van der Waals surface area contributed by atoms with Crippen molar-refractivity contribution in [2.75, 3.05) is 13.1 Å². The Morgan fingerprint density at radius 2 is 2.26 bits per heavy atom. The van der Waals surface area contributed by atoms with E-state index in [9.17, 15) is 0 Å². The molecule has 1 N–H and O–H groups in total. The van der Waals surface area contributed by atoms with Crippen LogP contribution in [0.25, 0.3) is 0 Å². The van der Waals surface area contributed by atoms with E-state index < -0.39 is 0 Å². The molecular formula is C15H28N4. The van der Waals surface area contributed by atoms with E-state index in [1.807, 2.05) is 17.9 Å². The van der Waals surface area contributed by atoms with Gasteiger partial charge in [0.05, 0.1) is 6.20 Å². The van der Waals surface area contributed by atoms with Gasteiger partial charge in [-0.2, -0.15) is 5.10 Å². The predicted octanol–water partition coefficient (Wildman–Crippen LogP) is 2.16. The molecule has 1 aliphatic rings. The molecule has 0 aromatic carbocycles. The second kappa shape index (κ2) is 6.06. The Hall–Kier alpha value is -0.870. The lowest BCUT2D eigenvalue weighted by Gasteiger charge is -2.46. The van der Waals surface area contributed by atoms with Crippen molar-refractivity contribution in [3.05, 3.63) is 18.0 Å². The van der Waals surface area contributed by atoms with Gasteiger partial charge in [-0.05, 0) is 19.8 Å². The Morgan fingerprint density at radius 1 is 1.47 bits per heavy atom. The molecule has 1 saturated heterocycles. The van der Waals surface area contributed by atoms with Crippen molar-refractivity contribution in [1.29, 1.82) is 0 Å². The topological polar surface area (TPSA) is 33.1 Å². The lowest BCUT2D eigenvalue weighted by Crippen LogP contribution is -2.62. The zero-order valence-corrected chi connectivity index (χ0v) is 12.8. The van der Waals surface area contributed by atoms with Gasteiger partial charge in [0.1, 0.15) is 0 Å². The maximum atomic E-state index is 4.28. The standard InChI is InChI=1S/C15H28N4/c1-5-7-14-9-16-15(3,6-2)12-19(14)11-13-8-17-18(4)10-13/h8,10,14,16H,5-7,9,11-12H2,1-4H3. The van der Waals surface area contributed by atoms with E-state index in [-0.39, 0.29) is 5.54 Å². The van der Waals surface area contributed by atoms with E-state index in [0.717, 1.165) is 19.6 Å². The normalized spacial score (nSPS) is 28.7. The SMILES string of the molecule is CCCC1CNC(C)(CC)CN1Cc1cnn(C)c1. The lowest BCUT2D eigenvalue weighted by atomic mass is 9.92. The fourth-order valence-electron chi connectivity index (χ4n) is 2.95. The fraction of sp³-hybridized carbons (Fsp3) is 0.800. The monoisotopic (exact) mass is 264 g/mol. The van der Waals surface area contributed by atoms with Crippen LogP contribution in [-0.4, -0.2) is 39.4 Å².